The van der Waals surface area contributed by atoms with E-state index in [0.717, 1.165) is 0 Å². The zero-order valence-electron chi connectivity index (χ0n) is 11.4. The standard InChI is InChI=1S/C13H14ClNO5S/c1-8-13(6-10(7-16)20-8)21(17,18)15-9-3-4-11(14)12(5-9)19-2/h3-6,15-16H,7H2,1-2H3. The lowest BCUT2D eigenvalue weighted by Gasteiger charge is -2.09. The first kappa shape index (κ1) is 15.7. The van der Waals surface area contributed by atoms with Gasteiger partial charge in [0.25, 0.3) is 10.0 Å². The fourth-order valence-corrected chi connectivity index (χ4v) is 3.25. The Hall–Kier alpha value is -1.70. The molecule has 0 aliphatic rings. The molecule has 1 heterocycles. The van der Waals surface area contributed by atoms with Gasteiger partial charge in [0.1, 0.15) is 28.8 Å². The fraction of sp³-hybridized carbons (Fsp3) is 0.231. The summed E-state index contributed by atoms with van der Waals surface area (Å²) >= 11 is 5.89. The van der Waals surface area contributed by atoms with Crippen molar-refractivity contribution in [2.24, 2.45) is 0 Å². The molecule has 1 aromatic carbocycles. The van der Waals surface area contributed by atoms with E-state index < -0.39 is 10.0 Å². The molecule has 1 aromatic heterocycles. The number of anilines is 1. The number of sulfonamides is 1. The van der Waals surface area contributed by atoms with Crippen LogP contribution in [0.4, 0.5) is 5.69 Å². The molecule has 21 heavy (non-hydrogen) atoms. The molecule has 8 heteroatoms. The summed E-state index contributed by atoms with van der Waals surface area (Å²) < 4.78 is 37.2. The number of benzene rings is 1. The van der Waals surface area contributed by atoms with Gasteiger partial charge < -0.3 is 14.3 Å². The predicted octanol–water partition coefficient (Wildman–Crippen LogP) is 2.54. The summed E-state index contributed by atoms with van der Waals surface area (Å²) in [6.45, 7) is 1.14. The van der Waals surface area contributed by atoms with Crippen molar-refractivity contribution in [3.8, 4) is 5.75 Å². The first-order chi connectivity index (χ1) is 9.87. The maximum absolute atomic E-state index is 12.3. The molecule has 114 valence electrons. The Morgan fingerprint density at radius 3 is 2.67 bits per heavy atom. The van der Waals surface area contributed by atoms with Crippen LogP contribution in [0.15, 0.2) is 33.6 Å². The highest BCUT2D eigenvalue weighted by molar-refractivity contribution is 7.92. The third kappa shape index (κ3) is 3.31. The lowest BCUT2D eigenvalue weighted by molar-refractivity contribution is 0.245. The number of furan rings is 1. The van der Waals surface area contributed by atoms with Crippen molar-refractivity contribution in [2.75, 3.05) is 11.8 Å². The highest BCUT2D eigenvalue weighted by atomic mass is 35.5. The number of ether oxygens (including phenoxy) is 1. The van der Waals surface area contributed by atoms with E-state index in [0.29, 0.717) is 16.5 Å². The van der Waals surface area contributed by atoms with E-state index in [2.05, 4.69) is 4.72 Å². The molecular weight excluding hydrogens is 318 g/mol. The summed E-state index contributed by atoms with van der Waals surface area (Å²) in [5.74, 6) is 0.742. The normalized spacial score (nSPS) is 11.4. The van der Waals surface area contributed by atoms with Crippen LogP contribution in [-0.2, 0) is 16.6 Å². The summed E-state index contributed by atoms with van der Waals surface area (Å²) in [4.78, 5) is -0.0273. The van der Waals surface area contributed by atoms with Gasteiger partial charge in [-0.25, -0.2) is 8.42 Å². The van der Waals surface area contributed by atoms with Crippen molar-refractivity contribution >= 4 is 27.3 Å². The molecule has 2 aromatic rings. The van der Waals surface area contributed by atoms with Gasteiger partial charge in [0.15, 0.2) is 0 Å². The number of aryl methyl sites for hydroxylation is 1. The zero-order chi connectivity index (χ0) is 15.6. The van der Waals surface area contributed by atoms with Crippen LogP contribution in [0.3, 0.4) is 0 Å². The van der Waals surface area contributed by atoms with Crippen LogP contribution in [-0.4, -0.2) is 20.6 Å². The first-order valence-corrected chi connectivity index (χ1v) is 7.80. The van der Waals surface area contributed by atoms with Crippen LogP contribution < -0.4 is 9.46 Å². The summed E-state index contributed by atoms with van der Waals surface area (Å²) in [6.07, 6.45) is 0. The van der Waals surface area contributed by atoms with E-state index >= 15 is 0 Å². The van der Waals surface area contributed by atoms with Crippen LogP contribution in [0.1, 0.15) is 11.5 Å². The van der Waals surface area contributed by atoms with Gasteiger partial charge in [-0.1, -0.05) is 11.6 Å². The minimum Gasteiger partial charge on any atom is -0.495 e. The molecule has 2 N–H and O–H groups in total. The molecular formula is C13H14ClNO5S. The maximum Gasteiger partial charge on any atom is 0.265 e. The number of hydrogen-bond donors (Lipinski definition) is 2. The van der Waals surface area contributed by atoms with E-state index in [1.165, 1.54) is 38.3 Å². The molecule has 0 spiro atoms. The second-order valence-electron chi connectivity index (χ2n) is 4.25. The third-order valence-corrected chi connectivity index (χ3v) is 4.57. The second-order valence-corrected chi connectivity index (χ2v) is 6.30. The Kier molecular flexibility index (Phi) is 4.46. The van der Waals surface area contributed by atoms with Crippen molar-refractivity contribution in [2.45, 2.75) is 18.4 Å². The van der Waals surface area contributed by atoms with Gasteiger partial charge in [-0.3, -0.25) is 4.72 Å². The van der Waals surface area contributed by atoms with Crippen LogP contribution in [0.25, 0.3) is 0 Å². The van der Waals surface area contributed by atoms with E-state index in [9.17, 15) is 8.42 Å². The molecule has 0 saturated heterocycles. The van der Waals surface area contributed by atoms with Crippen molar-refractivity contribution in [3.05, 3.63) is 40.8 Å². The van der Waals surface area contributed by atoms with E-state index in [-0.39, 0.29) is 23.0 Å². The first-order valence-electron chi connectivity index (χ1n) is 5.94. The molecule has 0 amide bonds. The van der Waals surface area contributed by atoms with Gasteiger partial charge >= 0.3 is 0 Å². The van der Waals surface area contributed by atoms with Crippen LogP contribution >= 0.6 is 11.6 Å². The second kappa shape index (κ2) is 5.97. The molecule has 0 bridgehead atoms. The maximum atomic E-state index is 12.3. The van der Waals surface area contributed by atoms with E-state index in [1.807, 2.05) is 0 Å². The quantitative estimate of drug-likeness (QED) is 0.879. The highest BCUT2D eigenvalue weighted by Gasteiger charge is 2.21. The van der Waals surface area contributed by atoms with Gasteiger partial charge in [-0.2, -0.15) is 0 Å². The third-order valence-electron chi connectivity index (χ3n) is 2.77. The number of halogens is 1. The molecule has 2 rings (SSSR count). The summed E-state index contributed by atoms with van der Waals surface area (Å²) in [6, 6.07) is 5.80. The van der Waals surface area contributed by atoms with Crippen molar-refractivity contribution in [3.63, 3.8) is 0 Å². The SMILES string of the molecule is COc1cc(NS(=O)(=O)c2cc(CO)oc2C)ccc1Cl. The lowest BCUT2D eigenvalue weighted by Crippen LogP contribution is -2.13. The average molecular weight is 332 g/mol. The van der Waals surface area contributed by atoms with Gasteiger partial charge in [-0.05, 0) is 19.1 Å². The highest BCUT2D eigenvalue weighted by Crippen LogP contribution is 2.29. The number of aliphatic hydroxyl groups is 1. The van der Waals surface area contributed by atoms with Crippen molar-refractivity contribution in [1.29, 1.82) is 0 Å². The van der Waals surface area contributed by atoms with E-state index in [1.54, 1.807) is 0 Å². The fourth-order valence-electron chi connectivity index (χ4n) is 1.80. The number of methoxy groups -OCH3 is 1. The summed E-state index contributed by atoms with van der Waals surface area (Å²) in [5.41, 5.74) is 0.308. The van der Waals surface area contributed by atoms with Crippen molar-refractivity contribution in [1.82, 2.24) is 0 Å². The number of hydrogen-bond acceptors (Lipinski definition) is 5. The molecule has 0 saturated carbocycles. The Labute approximate surface area is 127 Å². The minimum absolute atomic E-state index is 0.0273. The van der Waals surface area contributed by atoms with Gasteiger partial charge in [-0.15, -0.1) is 0 Å². The Morgan fingerprint density at radius 1 is 1.38 bits per heavy atom. The molecule has 0 fully saturated rings. The van der Waals surface area contributed by atoms with Crippen LogP contribution in [0, 0.1) is 6.92 Å². The molecule has 0 aliphatic carbocycles. The monoisotopic (exact) mass is 331 g/mol. The summed E-state index contributed by atoms with van der Waals surface area (Å²) in [5, 5.41) is 9.37. The Bertz CT molecular complexity index is 754. The number of rotatable bonds is 5. The zero-order valence-corrected chi connectivity index (χ0v) is 13.0. The van der Waals surface area contributed by atoms with Crippen molar-refractivity contribution < 1.29 is 22.7 Å². The average Bonchev–Trinajstić information content (AvgIpc) is 2.83. The largest absolute Gasteiger partial charge is 0.495 e. The molecule has 0 unspecified atom stereocenters. The van der Waals surface area contributed by atoms with Gasteiger partial charge in [0.2, 0.25) is 0 Å². The Balaban J connectivity index is 2.35. The van der Waals surface area contributed by atoms with Gasteiger partial charge in [0.05, 0.1) is 17.8 Å². The smallest absolute Gasteiger partial charge is 0.265 e. The minimum atomic E-state index is -3.82. The summed E-state index contributed by atoms with van der Waals surface area (Å²) in [7, 11) is -2.39. The van der Waals surface area contributed by atoms with Gasteiger partial charge in [0, 0.05) is 12.1 Å². The van der Waals surface area contributed by atoms with E-state index in [4.69, 9.17) is 25.9 Å². The number of nitrogens with one attached hydrogen (secondary N) is 1. The van der Waals surface area contributed by atoms with Crippen LogP contribution in [0.5, 0.6) is 5.75 Å². The van der Waals surface area contributed by atoms with Crippen LogP contribution in [0.2, 0.25) is 5.02 Å². The number of aliphatic hydroxyl groups excluding tert-OH is 1. The Morgan fingerprint density at radius 2 is 2.10 bits per heavy atom. The predicted molar refractivity (Wildman–Crippen MR) is 78.2 cm³/mol. The molecule has 0 aliphatic heterocycles. The lowest BCUT2D eigenvalue weighted by atomic mass is 10.3. The molecule has 6 nitrogen and oxygen atoms in total. The molecule has 0 radical (unpaired) electrons. The topological polar surface area (TPSA) is 88.8 Å². The molecule has 0 atom stereocenters.